The quantitative estimate of drug-likeness (QED) is 0.675. The monoisotopic (exact) mass is 365 g/mol. The van der Waals surface area contributed by atoms with Crippen LogP contribution < -0.4 is 10.6 Å². The Labute approximate surface area is 156 Å². The van der Waals surface area contributed by atoms with E-state index < -0.39 is 11.9 Å². The van der Waals surface area contributed by atoms with Gasteiger partial charge >= 0.3 is 0 Å². The van der Waals surface area contributed by atoms with Crippen molar-refractivity contribution in [3.63, 3.8) is 0 Å². The first kappa shape index (κ1) is 17.6. The number of aromatic nitrogens is 1. The molecule has 0 aliphatic heterocycles. The second-order valence-electron chi connectivity index (χ2n) is 5.54. The molecule has 0 saturated carbocycles. The Kier molecular flexibility index (Phi) is 5.61. The molecule has 3 rings (SSSR count). The van der Waals surface area contributed by atoms with E-state index in [0.29, 0.717) is 22.0 Å². The minimum Gasteiger partial charge on any atom is -0.336 e. The Morgan fingerprint density at radius 1 is 0.885 bits per heavy atom. The first-order valence-corrected chi connectivity index (χ1v) is 8.34. The second-order valence-corrected chi connectivity index (χ2v) is 5.93. The van der Waals surface area contributed by atoms with E-state index in [1.54, 1.807) is 30.3 Å². The minimum atomic E-state index is -0.848. The van der Waals surface area contributed by atoms with Crippen LogP contribution in [0.15, 0.2) is 79.0 Å². The van der Waals surface area contributed by atoms with Crippen molar-refractivity contribution in [1.29, 1.82) is 0 Å². The van der Waals surface area contributed by atoms with Crippen molar-refractivity contribution in [2.24, 2.45) is 0 Å². The van der Waals surface area contributed by atoms with Crippen molar-refractivity contribution in [2.45, 2.75) is 6.04 Å². The van der Waals surface area contributed by atoms with Crippen LogP contribution in [0.2, 0.25) is 5.15 Å². The number of benzene rings is 2. The molecule has 130 valence electrons. The smallest absolute Gasteiger partial charge is 0.253 e. The normalized spacial score (nSPS) is 11.4. The maximum absolute atomic E-state index is 12.8. The van der Waals surface area contributed by atoms with Gasteiger partial charge in [0.1, 0.15) is 11.2 Å². The Morgan fingerprint density at radius 2 is 1.54 bits per heavy atom. The van der Waals surface area contributed by atoms with Crippen LogP contribution in [-0.2, 0) is 4.79 Å². The zero-order chi connectivity index (χ0) is 18.4. The molecule has 1 unspecified atom stereocenters. The molecular weight excluding hydrogens is 350 g/mol. The van der Waals surface area contributed by atoms with Crippen LogP contribution in [0.1, 0.15) is 22.0 Å². The number of carbonyl (C=O) groups excluding carboxylic acids is 2. The molecule has 0 saturated heterocycles. The Bertz CT molecular complexity index is 884. The number of hydrogen-bond acceptors (Lipinski definition) is 3. The number of halogens is 1. The number of hydrogen-bond donors (Lipinski definition) is 2. The van der Waals surface area contributed by atoms with Gasteiger partial charge in [-0.3, -0.25) is 9.59 Å². The summed E-state index contributed by atoms with van der Waals surface area (Å²) >= 11 is 5.75. The lowest BCUT2D eigenvalue weighted by Crippen LogP contribution is -2.37. The summed E-state index contributed by atoms with van der Waals surface area (Å²) in [4.78, 5) is 29.2. The van der Waals surface area contributed by atoms with Crippen molar-refractivity contribution in [2.75, 3.05) is 5.32 Å². The molecule has 3 aromatic rings. The van der Waals surface area contributed by atoms with E-state index in [1.165, 1.54) is 12.3 Å². The van der Waals surface area contributed by atoms with Crippen molar-refractivity contribution in [3.8, 4) is 0 Å². The van der Waals surface area contributed by atoms with Crippen LogP contribution in [-0.4, -0.2) is 16.8 Å². The molecule has 1 aromatic heterocycles. The van der Waals surface area contributed by atoms with Crippen LogP contribution in [0.3, 0.4) is 0 Å². The number of carbonyl (C=O) groups is 2. The lowest BCUT2D eigenvalue weighted by Gasteiger charge is -2.19. The third kappa shape index (κ3) is 4.46. The topological polar surface area (TPSA) is 71.1 Å². The van der Waals surface area contributed by atoms with Gasteiger partial charge in [-0.05, 0) is 29.8 Å². The fourth-order valence-electron chi connectivity index (χ4n) is 2.41. The molecule has 2 aromatic carbocycles. The van der Waals surface area contributed by atoms with Crippen molar-refractivity contribution < 1.29 is 9.59 Å². The van der Waals surface area contributed by atoms with Gasteiger partial charge in [0.25, 0.3) is 11.8 Å². The second kappa shape index (κ2) is 8.27. The van der Waals surface area contributed by atoms with E-state index in [2.05, 4.69) is 15.6 Å². The summed E-state index contributed by atoms with van der Waals surface area (Å²) in [5.74, 6) is -0.746. The van der Waals surface area contributed by atoms with Crippen LogP contribution in [0.4, 0.5) is 5.69 Å². The van der Waals surface area contributed by atoms with E-state index >= 15 is 0 Å². The minimum absolute atomic E-state index is 0.294. The highest BCUT2D eigenvalue weighted by Crippen LogP contribution is 2.17. The molecule has 26 heavy (non-hydrogen) atoms. The number of nitrogens with zero attached hydrogens (tertiary/aromatic N) is 1. The first-order valence-electron chi connectivity index (χ1n) is 7.97. The maximum Gasteiger partial charge on any atom is 0.253 e. The number of anilines is 1. The molecule has 0 aliphatic carbocycles. The maximum atomic E-state index is 12.8. The fraction of sp³-hybridized carbons (Fsp3) is 0.0500. The number of nitrogens with one attached hydrogen (secondary N) is 2. The largest absolute Gasteiger partial charge is 0.336 e. The Balaban J connectivity index is 1.82. The Morgan fingerprint density at radius 3 is 2.15 bits per heavy atom. The highest BCUT2D eigenvalue weighted by molar-refractivity contribution is 6.29. The van der Waals surface area contributed by atoms with Crippen molar-refractivity contribution in [3.05, 3.63) is 95.3 Å². The highest BCUT2D eigenvalue weighted by atomic mass is 35.5. The molecule has 6 heteroatoms. The molecule has 2 amide bonds. The van der Waals surface area contributed by atoms with E-state index in [1.807, 2.05) is 36.4 Å². The molecule has 0 fully saturated rings. The van der Waals surface area contributed by atoms with E-state index in [4.69, 9.17) is 11.6 Å². The zero-order valence-corrected chi connectivity index (χ0v) is 14.5. The third-order valence-corrected chi connectivity index (χ3v) is 3.93. The number of pyridine rings is 1. The molecule has 0 radical (unpaired) electrons. The van der Waals surface area contributed by atoms with E-state index in [-0.39, 0.29) is 5.91 Å². The predicted octanol–water partition coefficient (Wildman–Crippen LogP) is 3.84. The standard InChI is InChI=1S/C20H16ClN3O2/c21-17-12-11-15(13-22-17)19(25)24-18(14-7-3-1-4-8-14)20(26)23-16-9-5-2-6-10-16/h1-13,18H,(H,23,26)(H,24,25). The van der Waals surface area contributed by atoms with Crippen LogP contribution in [0.5, 0.6) is 0 Å². The first-order chi connectivity index (χ1) is 12.6. The number of rotatable bonds is 5. The van der Waals surface area contributed by atoms with Gasteiger partial charge in [0, 0.05) is 11.9 Å². The molecule has 2 N–H and O–H groups in total. The van der Waals surface area contributed by atoms with Crippen LogP contribution in [0.25, 0.3) is 0 Å². The highest BCUT2D eigenvalue weighted by Gasteiger charge is 2.23. The number of amides is 2. The number of para-hydroxylation sites is 1. The van der Waals surface area contributed by atoms with Gasteiger partial charge in [-0.25, -0.2) is 4.98 Å². The zero-order valence-electron chi connectivity index (χ0n) is 13.7. The van der Waals surface area contributed by atoms with Gasteiger partial charge in [0.15, 0.2) is 0 Å². The van der Waals surface area contributed by atoms with E-state index in [9.17, 15) is 9.59 Å². The summed E-state index contributed by atoms with van der Waals surface area (Å²) in [5.41, 5.74) is 1.65. The molecule has 0 aliphatic rings. The van der Waals surface area contributed by atoms with Crippen LogP contribution >= 0.6 is 11.6 Å². The molecule has 0 spiro atoms. The summed E-state index contributed by atoms with van der Waals surface area (Å²) in [6, 6.07) is 20.4. The van der Waals surface area contributed by atoms with Gasteiger partial charge in [0.05, 0.1) is 5.56 Å². The molecule has 1 heterocycles. The summed E-state index contributed by atoms with van der Waals surface area (Å²) in [6.45, 7) is 0. The fourth-order valence-corrected chi connectivity index (χ4v) is 2.52. The summed E-state index contributed by atoms with van der Waals surface area (Å²) < 4.78 is 0. The summed E-state index contributed by atoms with van der Waals surface area (Å²) in [5, 5.41) is 5.87. The van der Waals surface area contributed by atoms with Gasteiger partial charge in [0.2, 0.25) is 0 Å². The SMILES string of the molecule is O=C(NC(C(=O)Nc1ccccc1)c1ccccc1)c1ccc(Cl)nc1. The Hall–Kier alpha value is -3.18. The van der Waals surface area contributed by atoms with Crippen molar-refractivity contribution >= 4 is 29.1 Å². The molecular formula is C20H16ClN3O2. The molecule has 5 nitrogen and oxygen atoms in total. The summed E-state index contributed by atoms with van der Waals surface area (Å²) in [7, 11) is 0. The molecule has 1 atom stereocenters. The van der Waals surface area contributed by atoms with Crippen molar-refractivity contribution in [1.82, 2.24) is 10.3 Å². The van der Waals surface area contributed by atoms with Gasteiger partial charge in [-0.1, -0.05) is 60.1 Å². The third-order valence-electron chi connectivity index (χ3n) is 3.70. The lowest BCUT2D eigenvalue weighted by molar-refractivity contribution is -0.118. The predicted molar refractivity (Wildman–Crippen MR) is 101 cm³/mol. The van der Waals surface area contributed by atoms with Gasteiger partial charge in [-0.15, -0.1) is 0 Å². The average Bonchev–Trinajstić information content (AvgIpc) is 2.68. The average molecular weight is 366 g/mol. The molecule has 0 bridgehead atoms. The van der Waals surface area contributed by atoms with Gasteiger partial charge < -0.3 is 10.6 Å². The summed E-state index contributed by atoms with van der Waals surface area (Å²) in [6.07, 6.45) is 1.37. The van der Waals surface area contributed by atoms with Crippen LogP contribution in [0, 0.1) is 0 Å². The van der Waals surface area contributed by atoms with Gasteiger partial charge in [-0.2, -0.15) is 0 Å². The lowest BCUT2D eigenvalue weighted by atomic mass is 10.1. The van der Waals surface area contributed by atoms with E-state index in [0.717, 1.165) is 0 Å².